The number of nitrogens with zero attached hydrogens (tertiary/aromatic N) is 5. The van der Waals surface area contributed by atoms with E-state index in [9.17, 15) is 9.59 Å². The van der Waals surface area contributed by atoms with Crippen molar-refractivity contribution in [2.45, 2.75) is 58.8 Å². The fourth-order valence-corrected chi connectivity index (χ4v) is 3.66. The summed E-state index contributed by atoms with van der Waals surface area (Å²) in [6.07, 6.45) is 5.83. The minimum absolute atomic E-state index is 0.0909. The molecule has 1 aliphatic heterocycles. The summed E-state index contributed by atoms with van der Waals surface area (Å²) >= 11 is 0. The summed E-state index contributed by atoms with van der Waals surface area (Å²) in [6, 6.07) is 3.88. The van der Waals surface area contributed by atoms with Crippen LogP contribution in [-0.4, -0.2) is 42.8 Å². The fourth-order valence-electron chi connectivity index (χ4n) is 3.66. The SMILES string of the molecule is Cc1ccnn1CC(=O)NCc1cc2n(n1)CCCN(C(=O)C1CCC1)C2. The number of aromatic nitrogens is 4. The number of hydrogen-bond acceptors (Lipinski definition) is 4. The molecule has 144 valence electrons. The topological polar surface area (TPSA) is 85.1 Å². The molecule has 0 spiro atoms. The number of nitrogens with one attached hydrogen (secondary N) is 1. The standard InChI is InChI=1S/C19H26N6O2/c1-14-6-7-21-25(14)13-18(26)20-11-16-10-17-12-23(8-3-9-24(17)22-16)19(27)15-4-2-5-15/h6-7,10,15H,2-5,8-9,11-13H2,1H3,(H,20,26). The lowest BCUT2D eigenvalue weighted by atomic mass is 9.84. The van der Waals surface area contributed by atoms with Crippen molar-refractivity contribution in [2.75, 3.05) is 6.54 Å². The molecule has 1 aliphatic carbocycles. The van der Waals surface area contributed by atoms with Gasteiger partial charge in [-0.05, 0) is 38.3 Å². The first kappa shape index (κ1) is 17.8. The van der Waals surface area contributed by atoms with Gasteiger partial charge in [-0.15, -0.1) is 0 Å². The van der Waals surface area contributed by atoms with Crippen LogP contribution < -0.4 is 5.32 Å². The van der Waals surface area contributed by atoms with E-state index in [1.165, 1.54) is 6.42 Å². The Balaban J connectivity index is 1.35. The molecule has 0 aromatic carbocycles. The molecule has 27 heavy (non-hydrogen) atoms. The number of rotatable bonds is 5. The van der Waals surface area contributed by atoms with Gasteiger partial charge in [-0.1, -0.05) is 6.42 Å². The van der Waals surface area contributed by atoms with E-state index in [0.717, 1.165) is 49.4 Å². The van der Waals surface area contributed by atoms with Gasteiger partial charge in [0.2, 0.25) is 11.8 Å². The van der Waals surface area contributed by atoms with Crippen LogP contribution in [0.2, 0.25) is 0 Å². The van der Waals surface area contributed by atoms with Crippen LogP contribution in [0.1, 0.15) is 42.8 Å². The van der Waals surface area contributed by atoms with Crippen LogP contribution in [0.5, 0.6) is 0 Å². The molecule has 1 saturated carbocycles. The van der Waals surface area contributed by atoms with Gasteiger partial charge in [0.15, 0.2) is 0 Å². The Morgan fingerprint density at radius 1 is 1.26 bits per heavy atom. The molecule has 2 aromatic rings. The van der Waals surface area contributed by atoms with E-state index in [1.807, 2.05) is 28.6 Å². The predicted molar refractivity (Wildman–Crippen MR) is 98.4 cm³/mol. The molecule has 2 aromatic heterocycles. The Bertz CT molecular complexity index is 835. The van der Waals surface area contributed by atoms with Gasteiger partial charge in [-0.25, -0.2) is 0 Å². The van der Waals surface area contributed by atoms with Crippen molar-refractivity contribution >= 4 is 11.8 Å². The summed E-state index contributed by atoms with van der Waals surface area (Å²) in [4.78, 5) is 26.7. The Labute approximate surface area is 158 Å². The average molecular weight is 370 g/mol. The summed E-state index contributed by atoms with van der Waals surface area (Å²) in [7, 11) is 0. The number of hydrogen-bond donors (Lipinski definition) is 1. The number of amides is 2. The van der Waals surface area contributed by atoms with Crippen LogP contribution in [0, 0.1) is 12.8 Å². The van der Waals surface area contributed by atoms with Crippen LogP contribution in [0.25, 0.3) is 0 Å². The average Bonchev–Trinajstić information content (AvgIpc) is 3.11. The van der Waals surface area contributed by atoms with Crippen LogP contribution in [0.15, 0.2) is 18.3 Å². The Morgan fingerprint density at radius 3 is 2.81 bits per heavy atom. The van der Waals surface area contributed by atoms with Crippen molar-refractivity contribution in [1.29, 1.82) is 0 Å². The molecule has 1 fully saturated rings. The molecule has 8 nitrogen and oxygen atoms in total. The van der Waals surface area contributed by atoms with Gasteiger partial charge in [-0.2, -0.15) is 10.2 Å². The molecule has 3 heterocycles. The Hall–Kier alpha value is -2.64. The van der Waals surface area contributed by atoms with Crippen molar-refractivity contribution in [2.24, 2.45) is 5.92 Å². The molecule has 4 rings (SSSR count). The van der Waals surface area contributed by atoms with E-state index in [2.05, 4.69) is 15.5 Å². The first-order chi connectivity index (χ1) is 13.1. The summed E-state index contributed by atoms with van der Waals surface area (Å²) in [5, 5.41) is 11.6. The molecule has 0 saturated heterocycles. The van der Waals surface area contributed by atoms with Gasteiger partial charge < -0.3 is 10.2 Å². The van der Waals surface area contributed by atoms with Gasteiger partial charge in [0.05, 0.1) is 24.5 Å². The van der Waals surface area contributed by atoms with Gasteiger partial charge in [0.1, 0.15) is 6.54 Å². The summed E-state index contributed by atoms with van der Waals surface area (Å²) in [5.41, 5.74) is 2.83. The maximum atomic E-state index is 12.6. The monoisotopic (exact) mass is 370 g/mol. The normalized spacial score (nSPS) is 17.1. The maximum Gasteiger partial charge on any atom is 0.242 e. The molecule has 0 atom stereocenters. The first-order valence-corrected chi connectivity index (χ1v) is 9.69. The second-order valence-corrected chi connectivity index (χ2v) is 7.50. The lowest BCUT2D eigenvalue weighted by molar-refractivity contribution is -0.138. The van der Waals surface area contributed by atoms with Crippen LogP contribution in [-0.2, 0) is 35.8 Å². The smallest absolute Gasteiger partial charge is 0.242 e. The number of aryl methyl sites for hydroxylation is 2. The van der Waals surface area contributed by atoms with E-state index in [-0.39, 0.29) is 18.4 Å². The van der Waals surface area contributed by atoms with Crippen molar-refractivity contribution in [3.63, 3.8) is 0 Å². The van der Waals surface area contributed by atoms with E-state index in [1.54, 1.807) is 10.9 Å². The molecule has 2 amide bonds. The fraction of sp³-hybridized carbons (Fsp3) is 0.579. The van der Waals surface area contributed by atoms with E-state index in [0.29, 0.717) is 19.0 Å². The van der Waals surface area contributed by atoms with E-state index in [4.69, 9.17) is 0 Å². The summed E-state index contributed by atoms with van der Waals surface area (Å²) < 4.78 is 3.65. The van der Waals surface area contributed by atoms with Crippen molar-refractivity contribution in [3.05, 3.63) is 35.4 Å². The second kappa shape index (κ2) is 7.54. The largest absolute Gasteiger partial charge is 0.349 e. The van der Waals surface area contributed by atoms with Crippen molar-refractivity contribution in [3.8, 4) is 0 Å². The lowest BCUT2D eigenvalue weighted by Gasteiger charge is -2.30. The zero-order chi connectivity index (χ0) is 18.8. The molecular formula is C19H26N6O2. The van der Waals surface area contributed by atoms with Gasteiger partial charge in [0.25, 0.3) is 0 Å². The Kier molecular flexibility index (Phi) is 4.96. The second-order valence-electron chi connectivity index (χ2n) is 7.50. The zero-order valence-corrected chi connectivity index (χ0v) is 15.7. The van der Waals surface area contributed by atoms with Crippen molar-refractivity contribution < 1.29 is 9.59 Å². The highest BCUT2D eigenvalue weighted by atomic mass is 16.2. The molecule has 0 unspecified atom stereocenters. The third-order valence-corrected chi connectivity index (χ3v) is 5.52. The lowest BCUT2D eigenvalue weighted by Crippen LogP contribution is -2.38. The number of fused-ring (bicyclic) bond motifs is 1. The number of carbonyl (C=O) groups excluding carboxylic acids is 2. The highest BCUT2D eigenvalue weighted by molar-refractivity contribution is 5.79. The van der Waals surface area contributed by atoms with Gasteiger partial charge >= 0.3 is 0 Å². The molecule has 8 heteroatoms. The van der Waals surface area contributed by atoms with Crippen molar-refractivity contribution in [1.82, 2.24) is 29.8 Å². The zero-order valence-electron chi connectivity index (χ0n) is 15.7. The highest BCUT2D eigenvalue weighted by Crippen LogP contribution is 2.29. The number of carbonyl (C=O) groups is 2. The third kappa shape index (κ3) is 3.89. The minimum atomic E-state index is -0.0909. The highest BCUT2D eigenvalue weighted by Gasteiger charge is 2.30. The molecular weight excluding hydrogens is 344 g/mol. The maximum absolute atomic E-state index is 12.6. The molecule has 1 N–H and O–H groups in total. The summed E-state index contributed by atoms with van der Waals surface area (Å²) in [5.74, 6) is 0.427. The van der Waals surface area contributed by atoms with Gasteiger partial charge in [-0.3, -0.25) is 19.0 Å². The third-order valence-electron chi connectivity index (χ3n) is 5.52. The van der Waals surface area contributed by atoms with Crippen LogP contribution in [0.3, 0.4) is 0 Å². The van der Waals surface area contributed by atoms with Crippen LogP contribution >= 0.6 is 0 Å². The summed E-state index contributed by atoms with van der Waals surface area (Å²) in [6.45, 7) is 4.73. The minimum Gasteiger partial charge on any atom is -0.349 e. The first-order valence-electron chi connectivity index (χ1n) is 9.69. The van der Waals surface area contributed by atoms with Gasteiger partial charge in [0, 0.05) is 30.9 Å². The molecule has 0 bridgehead atoms. The van der Waals surface area contributed by atoms with E-state index < -0.39 is 0 Å². The molecule has 2 aliphatic rings. The quantitative estimate of drug-likeness (QED) is 0.858. The molecule has 0 radical (unpaired) electrons. The predicted octanol–water partition coefficient (Wildman–Crippen LogP) is 1.24. The Morgan fingerprint density at radius 2 is 2.11 bits per heavy atom. The van der Waals surface area contributed by atoms with Crippen LogP contribution in [0.4, 0.5) is 0 Å². The van der Waals surface area contributed by atoms with E-state index >= 15 is 0 Å².